The van der Waals surface area contributed by atoms with E-state index in [1.54, 1.807) is 23.1 Å². The minimum atomic E-state index is -0.264. The summed E-state index contributed by atoms with van der Waals surface area (Å²) in [6.45, 7) is 1.85. The Morgan fingerprint density at radius 3 is 2.61 bits per heavy atom. The van der Waals surface area contributed by atoms with Crippen molar-refractivity contribution in [3.8, 4) is 0 Å². The Morgan fingerprint density at radius 2 is 1.96 bits per heavy atom. The van der Waals surface area contributed by atoms with Gasteiger partial charge in [-0.3, -0.25) is 4.79 Å². The van der Waals surface area contributed by atoms with Crippen molar-refractivity contribution < 1.29 is 9.59 Å². The first kappa shape index (κ1) is 17.8. The number of nitrogens with one attached hydrogen (secondary N) is 2. The lowest BCUT2D eigenvalue weighted by atomic mass is 9.97. The number of hydrogen-bond donors (Lipinski definition) is 3. The van der Waals surface area contributed by atoms with E-state index in [4.69, 9.17) is 28.9 Å². The molecule has 0 aliphatic carbocycles. The molecule has 0 bridgehead atoms. The number of nitrogens with zero attached hydrogens (tertiary/aromatic N) is 1. The molecule has 1 saturated heterocycles. The largest absolute Gasteiger partial charge is 0.355 e. The summed E-state index contributed by atoms with van der Waals surface area (Å²) in [5, 5.41) is 6.43. The third-order valence-corrected chi connectivity index (χ3v) is 4.07. The van der Waals surface area contributed by atoms with Gasteiger partial charge in [0.15, 0.2) is 0 Å². The first-order chi connectivity index (χ1) is 11.0. The lowest BCUT2D eigenvalue weighted by Gasteiger charge is -2.32. The monoisotopic (exact) mass is 358 g/mol. The highest BCUT2D eigenvalue weighted by molar-refractivity contribution is 6.35. The Labute approximate surface area is 145 Å². The Bertz CT molecular complexity index is 562. The maximum atomic E-state index is 12.3. The van der Waals surface area contributed by atoms with Crippen molar-refractivity contribution >= 4 is 40.8 Å². The number of halogens is 2. The van der Waals surface area contributed by atoms with Crippen LogP contribution in [0.5, 0.6) is 0 Å². The van der Waals surface area contributed by atoms with Crippen LogP contribution in [-0.2, 0) is 4.79 Å². The molecule has 0 radical (unpaired) electrons. The lowest BCUT2D eigenvalue weighted by Crippen LogP contribution is -2.47. The molecule has 23 heavy (non-hydrogen) atoms. The van der Waals surface area contributed by atoms with Crippen LogP contribution in [0.3, 0.4) is 0 Å². The minimum absolute atomic E-state index is 0.0567. The van der Waals surface area contributed by atoms with Crippen molar-refractivity contribution in [1.82, 2.24) is 10.2 Å². The van der Waals surface area contributed by atoms with Crippen LogP contribution in [0, 0.1) is 5.92 Å². The molecule has 126 valence electrons. The number of benzene rings is 1. The third-order valence-electron chi connectivity index (χ3n) is 3.64. The van der Waals surface area contributed by atoms with Crippen LogP contribution < -0.4 is 16.4 Å². The van der Waals surface area contributed by atoms with Gasteiger partial charge in [-0.25, -0.2) is 4.79 Å². The number of hydrogen-bond acceptors (Lipinski definition) is 3. The number of carbonyl (C=O) groups is 2. The standard InChI is InChI=1S/C15H20Cl2N4O2/c16-11-6-12(17)8-13(7-11)20-15(23)21-5-1-2-10(9-21)14(22)19-4-3-18/h6-8,10H,1-5,9,18H2,(H,19,22)(H,20,23). The molecular weight excluding hydrogens is 339 g/mol. The fraction of sp³-hybridized carbons (Fsp3) is 0.467. The average molecular weight is 359 g/mol. The molecule has 0 spiro atoms. The van der Waals surface area contributed by atoms with E-state index in [2.05, 4.69) is 10.6 Å². The highest BCUT2D eigenvalue weighted by Crippen LogP contribution is 2.23. The van der Waals surface area contributed by atoms with Crippen LogP contribution in [0.25, 0.3) is 0 Å². The topological polar surface area (TPSA) is 87.5 Å². The van der Waals surface area contributed by atoms with E-state index in [0.29, 0.717) is 41.9 Å². The number of anilines is 1. The number of piperidine rings is 1. The molecule has 1 aromatic carbocycles. The second kappa shape index (κ2) is 8.38. The number of urea groups is 1. The highest BCUT2D eigenvalue weighted by Gasteiger charge is 2.28. The smallest absolute Gasteiger partial charge is 0.321 e. The molecule has 1 aliphatic rings. The molecule has 6 nitrogen and oxygen atoms in total. The molecule has 0 aromatic heterocycles. The highest BCUT2D eigenvalue weighted by atomic mass is 35.5. The summed E-state index contributed by atoms with van der Waals surface area (Å²) < 4.78 is 0. The van der Waals surface area contributed by atoms with Gasteiger partial charge in [-0.15, -0.1) is 0 Å². The molecule has 1 aromatic rings. The van der Waals surface area contributed by atoms with E-state index in [1.165, 1.54) is 0 Å². The summed E-state index contributed by atoms with van der Waals surface area (Å²) in [7, 11) is 0. The van der Waals surface area contributed by atoms with Crippen LogP contribution in [-0.4, -0.2) is 43.0 Å². The Kier molecular flexibility index (Phi) is 6.50. The van der Waals surface area contributed by atoms with Crippen molar-refractivity contribution in [2.45, 2.75) is 12.8 Å². The molecule has 1 fully saturated rings. The first-order valence-electron chi connectivity index (χ1n) is 7.49. The quantitative estimate of drug-likeness (QED) is 0.771. The maximum absolute atomic E-state index is 12.3. The van der Waals surface area contributed by atoms with Crippen molar-refractivity contribution in [2.24, 2.45) is 11.7 Å². The summed E-state index contributed by atoms with van der Waals surface area (Å²) >= 11 is 11.8. The maximum Gasteiger partial charge on any atom is 0.321 e. The number of carbonyl (C=O) groups excluding carboxylic acids is 2. The normalized spacial score (nSPS) is 17.7. The van der Waals surface area contributed by atoms with E-state index in [1.807, 2.05) is 0 Å². The fourth-order valence-corrected chi connectivity index (χ4v) is 3.07. The van der Waals surface area contributed by atoms with Gasteiger partial charge in [-0.2, -0.15) is 0 Å². The van der Waals surface area contributed by atoms with E-state index in [9.17, 15) is 9.59 Å². The van der Waals surface area contributed by atoms with Crippen LogP contribution in [0.2, 0.25) is 10.0 Å². The van der Waals surface area contributed by atoms with E-state index in [-0.39, 0.29) is 17.9 Å². The second-order valence-corrected chi connectivity index (χ2v) is 6.33. The third kappa shape index (κ3) is 5.27. The zero-order valence-electron chi connectivity index (χ0n) is 12.6. The van der Waals surface area contributed by atoms with E-state index < -0.39 is 0 Å². The van der Waals surface area contributed by atoms with Crippen molar-refractivity contribution in [3.63, 3.8) is 0 Å². The molecule has 3 amide bonds. The molecule has 4 N–H and O–H groups in total. The Balaban J connectivity index is 1.95. The molecular formula is C15H20Cl2N4O2. The summed E-state index contributed by atoms with van der Waals surface area (Å²) in [5.74, 6) is -0.261. The van der Waals surface area contributed by atoms with Crippen LogP contribution >= 0.6 is 23.2 Å². The number of likely N-dealkylation sites (tertiary alicyclic amines) is 1. The van der Waals surface area contributed by atoms with Gasteiger partial charge < -0.3 is 21.3 Å². The van der Waals surface area contributed by atoms with Gasteiger partial charge in [0.25, 0.3) is 0 Å². The predicted octanol–water partition coefficient (Wildman–Crippen LogP) is 2.31. The van der Waals surface area contributed by atoms with Gasteiger partial charge >= 0.3 is 6.03 Å². The van der Waals surface area contributed by atoms with Crippen molar-refractivity contribution in [2.75, 3.05) is 31.5 Å². The molecule has 1 unspecified atom stereocenters. The summed E-state index contributed by atoms with van der Waals surface area (Å²) in [4.78, 5) is 26.0. The second-order valence-electron chi connectivity index (χ2n) is 5.45. The van der Waals surface area contributed by atoms with Crippen molar-refractivity contribution in [1.29, 1.82) is 0 Å². The van der Waals surface area contributed by atoms with Gasteiger partial charge in [0.2, 0.25) is 5.91 Å². The molecule has 8 heteroatoms. The van der Waals surface area contributed by atoms with Crippen LogP contribution in [0.4, 0.5) is 10.5 Å². The van der Waals surface area contributed by atoms with Gasteiger partial charge in [0, 0.05) is 41.9 Å². The van der Waals surface area contributed by atoms with Gasteiger partial charge in [-0.05, 0) is 31.0 Å². The zero-order chi connectivity index (χ0) is 16.8. The van der Waals surface area contributed by atoms with Crippen LogP contribution in [0.1, 0.15) is 12.8 Å². The molecule has 2 rings (SSSR count). The summed E-state index contributed by atoms with van der Waals surface area (Å²) in [6.07, 6.45) is 1.55. The first-order valence-corrected chi connectivity index (χ1v) is 8.25. The van der Waals surface area contributed by atoms with Gasteiger partial charge in [0.05, 0.1) is 5.92 Å². The zero-order valence-corrected chi connectivity index (χ0v) is 14.2. The minimum Gasteiger partial charge on any atom is -0.355 e. The molecule has 0 saturated carbocycles. The predicted molar refractivity (Wildman–Crippen MR) is 91.8 cm³/mol. The van der Waals surface area contributed by atoms with Gasteiger partial charge in [0.1, 0.15) is 0 Å². The summed E-state index contributed by atoms with van der Waals surface area (Å²) in [5.41, 5.74) is 5.91. The number of rotatable bonds is 4. The SMILES string of the molecule is NCCNC(=O)C1CCCN(C(=O)Nc2cc(Cl)cc(Cl)c2)C1. The number of amides is 3. The molecule has 1 aliphatic heterocycles. The lowest BCUT2D eigenvalue weighted by molar-refractivity contribution is -0.126. The Morgan fingerprint density at radius 1 is 1.26 bits per heavy atom. The Hall–Kier alpha value is -1.50. The van der Waals surface area contributed by atoms with E-state index in [0.717, 1.165) is 12.8 Å². The van der Waals surface area contributed by atoms with E-state index >= 15 is 0 Å². The number of nitrogens with two attached hydrogens (primary N) is 1. The molecule has 1 heterocycles. The van der Waals surface area contributed by atoms with Gasteiger partial charge in [-0.1, -0.05) is 23.2 Å². The summed E-state index contributed by atoms with van der Waals surface area (Å²) in [6, 6.07) is 4.58. The fourth-order valence-electron chi connectivity index (χ4n) is 2.54. The van der Waals surface area contributed by atoms with Crippen LogP contribution in [0.15, 0.2) is 18.2 Å². The molecule has 1 atom stereocenters. The van der Waals surface area contributed by atoms with Crippen molar-refractivity contribution in [3.05, 3.63) is 28.2 Å². The average Bonchev–Trinajstić information content (AvgIpc) is 2.51.